The van der Waals surface area contributed by atoms with Crippen molar-refractivity contribution in [2.24, 2.45) is 4.99 Å². The van der Waals surface area contributed by atoms with Gasteiger partial charge < -0.3 is 18.9 Å². The number of nitrogens with zero attached hydrogens (tertiary/aromatic N) is 3. The Bertz CT molecular complexity index is 2100. The minimum Gasteiger partial charge on any atom is -0.493 e. The monoisotopic (exact) mass is 711 g/mol. The summed E-state index contributed by atoms with van der Waals surface area (Å²) < 4.78 is 24.5. The van der Waals surface area contributed by atoms with Crippen LogP contribution in [0.1, 0.15) is 50.4 Å². The Morgan fingerprint density at radius 3 is 2.50 bits per heavy atom. The van der Waals surface area contributed by atoms with Crippen molar-refractivity contribution in [2.45, 2.75) is 46.4 Å². The first-order chi connectivity index (χ1) is 22.9. The minimum absolute atomic E-state index is 0.00340. The number of carbonyl (C=O) groups is 1. The van der Waals surface area contributed by atoms with E-state index in [0.29, 0.717) is 43.2 Å². The first kappa shape index (κ1) is 34.7. The average Bonchev–Trinajstić information content (AvgIpc) is 3.33. The van der Waals surface area contributed by atoms with Crippen LogP contribution in [-0.2, 0) is 16.1 Å². The summed E-state index contributed by atoms with van der Waals surface area (Å²) in [5.74, 6) is 0.572. The minimum atomic E-state index is -0.860. The van der Waals surface area contributed by atoms with Gasteiger partial charge in [-0.15, -0.1) is 0 Å². The summed E-state index contributed by atoms with van der Waals surface area (Å²) in [7, 11) is 1.52. The van der Waals surface area contributed by atoms with E-state index in [1.54, 1.807) is 62.4 Å². The van der Waals surface area contributed by atoms with Gasteiger partial charge in [-0.05, 0) is 74.7 Å². The smallest absolute Gasteiger partial charge is 0.338 e. The standard InChI is InChI=1S/C34H31Cl2N3O8S/c1-6-45-33(41)29-19(4)37-34-38(30(29)22-10-11-26(47-18(2)3)27(16-22)44-5)32(40)28(48-34)15-21-13-24(35)31(25(36)14-21)46-17-20-8-7-9-23(12-20)39(42)43/h7-16,18,30H,6,17H2,1-5H3/b28-15-/t30-/m1/s1. The van der Waals surface area contributed by atoms with Gasteiger partial charge >= 0.3 is 5.97 Å². The quantitative estimate of drug-likeness (QED) is 0.0994. The molecule has 3 aromatic carbocycles. The molecule has 1 aromatic heterocycles. The molecular weight excluding hydrogens is 681 g/mol. The van der Waals surface area contributed by atoms with E-state index in [4.69, 9.17) is 42.1 Å². The van der Waals surface area contributed by atoms with Crippen LogP contribution < -0.4 is 29.1 Å². The van der Waals surface area contributed by atoms with Gasteiger partial charge in [0.1, 0.15) is 6.61 Å². The summed E-state index contributed by atoms with van der Waals surface area (Å²) in [6.45, 7) is 7.35. The highest BCUT2D eigenvalue weighted by atomic mass is 35.5. The number of nitro benzene ring substituents is 1. The van der Waals surface area contributed by atoms with Crippen molar-refractivity contribution in [1.29, 1.82) is 0 Å². The number of aromatic nitrogens is 1. The van der Waals surface area contributed by atoms with Gasteiger partial charge in [0.15, 0.2) is 22.0 Å². The molecule has 5 rings (SSSR count). The van der Waals surface area contributed by atoms with Gasteiger partial charge in [-0.1, -0.05) is 52.7 Å². The van der Waals surface area contributed by atoms with Crippen molar-refractivity contribution in [2.75, 3.05) is 13.7 Å². The van der Waals surface area contributed by atoms with Crippen molar-refractivity contribution in [3.63, 3.8) is 0 Å². The van der Waals surface area contributed by atoms with Crippen molar-refractivity contribution in [3.8, 4) is 17.2 Å². The molecule has 0 spiro atoms. The van der Waals surface area contributed by atoms with Crippen LogP contribution in [0.5, 0.6) is 17.2 Å². The number of ether oxygens (including phenoxy) is 4. The van der Waals surface area contributed by atoms with E-state index in [-0.39, 0.29) is 46.4 Å². The molecule has 0 saturated carbocycles. The number of halogens is 2. The molecule has 48 heavy (non-hydrogen) atoms. The fraction of sp³-hybridized carbons (Fsp3) is 0.265. The van der Waals surface area contributed by atoms with Crippen LogP contribution in [-0.4, -0.2) is 35.3 Å². The number of fused-ring (bicyclic) bond motifs is 1. The van der Waals surface area contributed by atoms with E-state index in [9.17, 15) is 19.7 Å². The van der Waals surface area contributed by atoms with Gasteiger partial charge in [-0.2, -0.15) is 0 Å². The second-order valence-corrected chi connectivity index (χ2v) is 12.7. The first-order valence-electron chi connectivity index (χ1n) is 14.8. The number of carbonyl (C=O) groups excluding carboxylic acids is 1. The Morgan fingerprint density at radius 2 is 1.85 bits per heavy atom. The highest BCUT2D eigenvalue weighted by Crippen LogP contribution is 2.37. The Morgan fingerprint density at radius 1 is 1.12 bits per heavy atom. The van der Waals surface area contributed by atoms with Crippen LogP contribution >= 0.6 is 34.5 Å². The number of allylic oxidation sites excluding steroid dienone is 1. The summed E-state index contributed by atoms with van der Waals surface area (Å²) in [6, 6.07) is 13.6. The fourth-order valence-corrected chi connectivity index (χ4v) is 6.84. The third kappa shape index (κ3) is 7.25. The lowest BCUT2D eigenvalue weighted by molar-refractivity contribution is -0.384. The second-order valence-electron chi connectivity index (χ2n) is 10.9. The van der Waals surface area contributed by atoms with E-state index in [0.717, 1.165) is 11.3 Å². The molecule has 4 aromatic rings. The van der Waals surface area contributed by atoms with Gasteiger partial charge in [0.05, 0.1) is 56.6 Å². The molecular formula is C34H31Cl2N3O8S. The van der Waals surface area contributed by atoms with E-state index < -0.39 is 22.5 Å². The summed E-state index contributed by atoms with van der Waals surface area (Å²) in [4.78, 5) is 43.0. The van der Waals surface area contributed by atoms with Gasteiger partial charge in [0.2, 0.25) is 0 Å². The highest BCUT2D eigenvalue weighted by Gasteiger charge is 2.34. The first-order valence-corrected chi connectivity index (χ1v) is 16.4. The molecule has 1 atom stereocenters. The zero-order chi connectivity index (χ0) is 34.7. The predicted molar refractivity (Wildman–Crippen MR) is 183 cm³/mol. The molecule has 1 aliphatic heterocycles. The second kappa shape index (κ2) is 14.6. The molecule has 0 aliphatic carbocycles. The third-order valence-electron chi connectivity index (χ3n) is 7.21. The van der Waals surface area contributed by atoms with Crippen molar-refractivity contribution in [1.82, 2.24) is 4.57 Å². The number of methoxy groups -OCH3 is 1. The molecule has 11 nitrogen and oxygen atoms in total. The maximum Gasteiger partial charge on any atom is 0.338 e. The number of esters is 1. The molecule has 0 fully saturated rings. The van der Waals surface area contributed by atoms with Gasteiger partial charge in [0.25, 0.3) is 11.2 Å². The zero-order valence-corrected chi connectivity index (χ0v) is 28.9. The van der Waals surface area contributed by atoms with E-state index in [1.807, 2.05) is 13.8 Å². The molecule has 0 unspecified atom stereocenters. The molecule has 0 amide bonds. The van der Waals surface area contributed by atoms with Crippen LogP contribution in [0.25, 0.3) is 6.08 Å². The van der Waals surface area contributed by atoms with Crippen LogP contribution in [0.4, 0.5) is 5.69 Å². The van der Waals surface area contributed by atoms with E-state index in [2.05, 4.69) is 4.99 Å². The average molecular weight is 713 g/mol. The Balaban J connectivity index is 1.55. The van der Waals surface area contributed by atoms with E-state index in [1.165, 1.54) is 23.8 Å². The van der Waals surface area contributed by atoms with Gasteiger partial charge in [-0.3, -0.25) is 19.5 Å². The zero-order valence-electron chi connectivity index (χ0n) is 26.6. The predicted octanol–water partition coefficient (Wildman–Crippen LogP) is 6.39. The number of hydrogen-bond acceptors (Lipinski definition) is 10. The highest BCUT2D eigenvalue weighted by molar-refractivity contribution is 7.07. The summed E-state index contributed by atoms with van der Waals surface area (Å²) in [5.41, 5.74) is 1.88. The van der Waals surface area contributed by atoms with Gasteiger partial charge in [-0.25, -0.2) is 9.79 Å². The Kier molecular flexibility index (Phi) is 10.6. The number of thiazole rings is 1. The molecule has 0 bridgehead atoms. The van der Waals surface area contributed by atoms with Crippen molar-refractivity contribution in [3.05, 3.63) is 122 Å². The van der Waals surface area contributed by atoms with Gasteiger partial charge in [0, 0.05) is 12.1 Å². The lowest BCUT2D eigenvalue weighted by atomic mass is 9.95. The normalized spacial score (nSPS) is 14.4. The number of rotatable bonds is 11. The molecule has 14 heteroatoms. The molecule has 250 valence electrons. The SMILES string of the molecule is CCOC(=O)C1=C(C)N=c2s/c(=C\c3cc(Cl)c(OCc4cccc([N+](=O)[O-])c4)c(Cl)c3)c(=O)n2[C@@H]1c1ccc(OC(C)C)c(OC)c1. The molecule has 0 saturated heterocycles. The maximum absolute atomic E-state index is 14.1. The summed E-state index contributed by atoms with van der Waals surface area (Å²) >= 11 is 14.3. The van der Waals surface area contributed by atoms with Crippen LogP contribution in [0.15, 0.2) is 75.7 Å². The number of benzene rings is 3. The number of nitro groups is 1. The topological polar surface area (TPSA) is 131 Å². The van der Waals surface area contributed by atoms with Crippen molar-refractivity contribution < 1.29 is 28.7 Å². The van der Waals surface area contributed by atoms with Crippen LogP contribution in [0.3, 0.4) is 0 Å². The molecule has 2 heterocycles. The lowest BCUT2D eigenvalue weighted by Crippen LogP contribution is -2.40. The lowest BCUT2D eigenvalue weighted by Gasteiger charge is -2.25. The largest absolute Gasteiger partial charge is 0.493 e. The summed E-state index contributed by atoms with van der Waals surface area (Å²) in [6.07, 6.45) is 1.53. The maximum atomic E-state index is 14.1. The van der Waals surface area contributed by atoms with Crippen LogP contribution in [0, 0.1) is 10.1 Å². The summed E-state index contributed by atoms with van der Waals surface area (Å²) in [5, 5.41) is 11.5. The van der Waals surface area contributed by atoms with Crippen LogP contribution in [0.2, 0.25) is 10.0 Å². The Labute approximate surface area is 289 Å². The van der Waals surface area contributed by atoms with E-state index >= 15 is 0 Å². The fourth-order valence-electron chi connectivity index (χ4n) is 5.18. The number of hydrogen-bond donors (Lipinski definition) is 0. The molecule has 0 radical (unpaired) electrons. The Hall–Kier alpha value is -4.65. The number of non-ortho nitro benzene ring substituents is 1. The third-order valence-corrected chi connectivity index (χ3v) is 8.75. The molecule has 0 N–H and O–H groups in total. The van der Waals surface area contributed by atoms with Crippen molar-refractivity contribution >= 4 is 52.3 Å². The molecule has 1 aliphatic rings.